The van der Waals surface area contributed by atoms with Crippen LogP contribution in [0, 0.1) is 0 Å². The molecule has 0 radical (unpaired) electrons. The van der Waals surface area contributed by atoms with E-state index < -0.39 is 0 Å². The van der Waals surface area contributed by atoms with Crippen LogP contribution in [0.1, 0.15) is 32.6 Å². The van der Waals surface area contributed by atoms with Gasteiger partial charge in [0.05, 0.1) is 0 Å². The molecular weight excluding hydrogens is 119 g/mol. The van der Waals surface area contributed by atoms with E-state index in [4.69, 9.17) is 0 Å². The summed E-state index contributed by atoms with van der Waals surface area (Å²) in [5, 5.41) is 0. The zero-order valence-electron chi connectivity index (χ0n) is 5.77. The first-order valence-electron chi connectivity index (χ1n) is 3.34. The van der Waals surface area contributed by atoms with Crippen molar-refractivity contribution in [2.24, 2.45) is 0 Å². The average Bonchev–Trinajstić information content (AvgIpc) is 1.89. The Bertz CT molecular complexity index is 71.3. The SMILES string of the molecule is CCCCCC=COF. The predicted molar refractivity (Wildman–Crippen MR) is 35.5 cm³/mol. The van der Waals surface area contributed by atoms with Gasteiger partial charge in [0.15, 0.2) is 0 Å². The normalized spacial score (nSPS) is 10.4. The summed E-state index contributed by atoms with van der Waals surface area (Å²) in [5.41, 5.74) is 0. The van der Waals surface area contributed by atoms with Crippen molar-refractivity contribution in [2.75, 3.05) is 0 Å². The Morgan fingerprint density at radius 3 is 2.78 bits per heavy atom. The molecule has 0 aromatic carbocycles. The Labute approximate surface area is 55.4 Å². The molecule has 0 aromatic heterocycles. The lowest BCUT2D eigenvalue weighted by molar-refractivity contribution is -0.0621. The zero-order chi connectivity index (χ0) is 6.95. The van der Waals surface area contributed by atoms with E-state index >= 15 is 0 Å². The fraction of sp³-hybridized carbons (Fsp3) is 0.714. The number of hydrogen-bond acceptors (Lipinski definition) is 1. The molecule has 1 nitrogen and oxygen atoms in total. The van der Waals surface area contributed by atoms with Gasteiger partial charge in [-0.25, -0.2) is 0 Å². The summed E-state index contributed by atoms with van der Waals surface area (Å²) in [5.74, 6) is 0. The van der Waals surface area contributed by atoms with Gasteiger partial charge in [0.1, 0.15) is 6.26 Å². The monoisotopic (exact) mass is 132 g/mol. The fourth-order valence-corrected chi connectivity index (χ4v) is 0.617. The summed E-state index contributed by atoms with van der Waals surface area (Å²) in [6.07, 6.45) is 7.21. The van der Waals surface area contributed by atoms with Gasteiger partial charge >= 0.3 is 0 Å². The zero-order valence-corrected chi connectivity index (χ0v) is 5.77. The third kappa shape index (κ3) is 7.47. The van der Waals surface area contributed by atoms with Crippen LogP contribution in [0.3, 0.4) is 0 Å². The molecule has 0 heterocycles. The van der Waals surface area contributed by atoms with Crippen molar-refractivity contribution >= 4 is 0 Å². The molecule has 9 heavy (non-hydrogen) atoms. The van der Waals surface area contributed by atoms with Gasteiger partial charge in [-0.15, -0.1) is 0 Å². The molecule has 0 rings (SSSR count). The number of rotatable bonds is 5. The van der Waals surface area contributed by atoms with Crippen molar-refractivity contribution in [3.05, 3.63) is 12.3 Å². The van der Waals surface area contributed by atoms with Crippen LogP contribution < -0.4 is 0 Å². The van der Waals surface area contributed by atoms with Crippen LogP contribution in [0.4, 0.5) is 4.53 Å². The average molecular weight is 132 g/mol. The molecule has 2 heteroatoms. The van der Waals surface area contributed by atoms with Crippen LogP contribution in [0.2, 0.25) is 0 Å². The van der Waals surface area contributed by atoms with Crippen LogP contribution in [0.15, 0.2) is 12.3 Å². The molecule has 0 unspecified atom stereocenters. The lowest BCUT2D eigenvalue weighted by Gasteiger charge is -1.89. The van der Waals surface area contributed by atoms with E-state index in [1.54, 1.807) is 6.08 Å². The van der Waals surface area contributed by atoms with E-state index in [1.807, 2.05) is 0 Å². The second-order valence-corrected chi connectivity index (χ2v) is 1.96. The van der Waals surface area contributed by atoms with Gasteiger partial charge in [-0.05, 0) is 18.9 Å². The molecule has 0 N–H and O–H groups in total. The molecular formula is C7H13FO. The maximum Gasteiger partial charge on any atom is 0.132 e. The number of halogens is 1. The highest BCUT2D eigenvalue weighted by molar-refractivity contribution is 4.71. The Hall–Kier alpha value is -0.530. The smallest absolute Gasteiger partial charge is 0.132 e. The van der Waals surface area contributed by atoms with Crippen molar-refractivity contribution in [3.8, 4) is 0 Å². The molecule has 0 amide bonds. The highest BCUT2D eigenvalue weighted by Gasteiger charge is 1.80. The van der Waals surface area contributed by atoms with Gasteiger partial charge in [-0.1, -0.05) is 19.8 Å². The molecule has 0 fully saturated rings. The molecule has 0 aliphatic heterocycles. The summed E-state index contributed by atoms with van der Waals surface area (Å²) in [7, 11) is 0. The lowest BCUT2D eigenvalue weighted by Crippen LogP contribution is -1.70. The van der Waals surface area contributed by atoms with E-state index in [2.05, 4.69) is 11.9 Å². The van der Waals surface area contributed by atoms with Crippen molar-refractivity contribution in [1.29, 1.82) is 0 Å². The third-order valence-corrected chi connectivity index (χ3v) is 1.12. The molecule has 0 atom stereocenters. The fourth-order valence-electron chi connectivity index (χ4n) is 0.617. The first-order valence-corrected chi connectivity index (χ1v) is 3.34. The topological polar surface area (TPSA) is 9.23 Å². The molecule has 0 aromatic rings. The van der Waals surface area contributed by atoms with Crippen LogP contribution in [-0.4, -0.2) is 0 Å². The molecule has 0 saturated carbocycles. The van der Waals surface area contributed by atoms with E-state index in [9.17, 15) is 4.53 Å². The minimum Gasteiger partial charge on any atom is -0.303 e. The van der Waals surface area contributed by atoms with Gasteiger partial charge in [0.2, 0.25) is 0 Å². The first kappa shape index (κ1) is 8.47. The van der Waals surface area contributed by atoms with Gasteiger partial charge in [0, 0.05) is 4.53 Å². The van der Waals surface area contributed by atoms with Crippen LogP contribution >= 0.6 is 0 Å². The summed E-state index contributed by atoms with van der Waals surface area (Å²) in [6.45, 7) is 2.13. The van der Waals surface area contributed by atoms with Crippen LogP contribution in [0.25, 0.3) is 0 Å². The first-order chi connectivity index (χ1) is 4.41. The Morgan fingerprint density at radius 2 is 2.22 bits per heavy atom. The van der Waals surface area contributed by atoms with Crippen LogP contribution in [0.5, 0.6) is 0 Å². The van der Waals surface area contributed by atoms with Gasteiger partial charge in [0.25, 0.3) is 0 Å². The van der Waals surface area contributed by atoms with Crippen molar-refractivity contribution in [2.45, 2.75) is 32.6 Å². The summed E-state index contributed by atoms with van der Waals surface area (Å²) in [6, 6.07) is 0. The lowest BCUT2D eigenvalue weighted by atomic mass is 10.2. The second kappa shape index (κ2) is 7.47. The number of unbranched alkanes of at least 4 members (excludes halogenated alkanes) is 3. The Morgan fingerprint density at radius 1 is 1.44 bits per heavy atom. The highest BCUT2D eigenvalue weighted by Crippen LogP contribution is 1.99. The summed E-state index contributed by atoms with van der Waals surface area (Å²) >= 11 is 0. The van der Waals surface area contributed by atoms with Gasteiger partial charge in [-0.3, -0.25) is 0 Å². The minimum atomic E-state index is 0.914. The summed E-state index contributed by atoms with van der Waals surface area (Å²) in [4.78, 5) is 3.24. The molecule has 0 aliphatic rings. The van der Waals surface area contributed by atoms with Gasteiger partial charge < -0.3 is 4.94 Å². The van der Waals surface area contributed by atoms with Gasteiger partial charge in [-0.2, -0.15) is 0 Å². The van der Waals surface area contributed by atoms with Crippen molar-refractivity contribution in [3.63, 3.8) is 0 Å². The summed E-state index contributed by atoms with van der Waals surface area (Å²) < 4.78 is 10.9. The Kier molecular flexibility index (Phi) is 7.03. The minimum absolute atomic E-state index is 0.914. The predicted octanol–water partition coefficient (Wildman–Crippen LogP) is 2.98. The van der Waals surface area contributed by atoms with E-state index in [0.717, 1.165) is 19.1 Å². The Balaban J connectivity index is 2.82. The maximum atomic E-state index is 10.9. The second-order valence-electron chi connectivity index (χ2n) is 1.96. The molecule has 54 valence electrons. The van der Waals surface area contributed by atoms with E-state index in [1.165, 1.54) is 12.8 Å². The number of allylic oxidation sites excluding steroid dienone is 1. The molecule has 0 aliphatic carbocycles. The molecule has 0 bridgehead atoms. The highest BCUT2D eigenvalue weighted by atomic mass is 19.3. The largest absolute Gasteiger partial charge is 0.303 e. The van der Waals surface area contributed by atoms with Crippen LogP contribution in [-0.2, 0) is 4.94 Å². The maximum absolute atomic E-state index is 10.9. The quantitative estimate of drug-likeness (QED) is 0.412. The number of hydrogen-bond donors (Lipinski definition) is 0. The molecule has 0 saturated heterocycles. The standard InChI is InChI=1S/C7H13FO/c1-2-3-4-5-6-7-9-8/h6-7H,2-5H2,1H3. The molecule has 0 spiro atoms. The van der Waals surface area contributed by atoms with Crippen molar-refractivity contribution in [1.82, 2.24) is 0 Å². The van der Waals surface area contributed by atoms with Crippen molar-refractivity contribution < 1.29 is 9.47 Å². The van der Waals surface area contributed by atoms with E-state index in [0.29, 0.717) is 0 Å². The van der Waals surface area contributed by atoms with E-state index in [-0.39, 0.29) is 0 Å². The third-order valence-electron chi connectivity index (χ3n) is 1.12.